The van der Waals surface area contributed by atoms with Gasteiger partial charge in [0.05, 0.1) is 0 Å². The summed E-state index contributed by atoms with van der Waals surface area (Å²) in [5, 5.41) is 8.95. The van der Waals surface area contributed by atoms with Gasteiger partial charge in [-0.15, -0.1) is 0 Å². The molecule has 2 heteroatoms. The van der Waals surface area contributed by atoms with Gasteiger partial charge in [0.1, 0.15) is 0 Å². The van der Waals surface area contributed by atoms with E-state index in [1.54, 1.807) is 0 Å². The summed E-state index contributed by atoms with van der Waals surface area (Å²) in [7, 11) is 0. The molecule has 0 aromatic heterocycles. The van der Waals surface area contributed by atoms with Crippen LogP contribution in [0.5, 0.6) is 0 Å². The fraction of sp³-hybridized carbons (Fsp3) is 1.00. The number of piperidine rings is 1. The van der Waals surface area contributed by atoms with E-state index in [0.717, 1.165) is 12.0 Å². The Kier molecular flexibility index (Phi) is 2.37. The Labute approximate surface area is 74.6 Å². The molecule has 0 amide bonds. The molecule has 3 atom stereocenters. The van der Waals surface area contributed by atoms with Crippen LogP contribution >= 0.6 is 0 Å². The number of hydrogen-bond donors (Lipinski definition) is 1. The topological polar surface area (TPSA) is 23.5 Å². The molecule has 1 saturated carbocycles. The van der Waals surface area contributed by atoms with Crippen molar-refractivity contribution in [1.29, 1.82) is 0 Å². The van der Waals surface area contributed by atoms with Crippen LogP contribution in [0.4, 0.5) is 0 Å². The molecule has 1 aliphatic heterocycles. The standard InChI is InChI=1S/C10H19NO/c1-8-3-2-4-11(6-8)10-5-9(10)7-12/h8-10,12H,2-7H2,1H3. The highest BCUT2D eigenvalue weighted by Gasteiger charge is 2.41. The van der Waals surface area contributed by atoms with Gasteiger partial charge in [-0.25, -0.2) is 0 Å². The predicted octanol–water partition coefficient (Wildman–Crippen LogP) is 1.10. The molecule has 1 N–H and O–H groups in total. The third-order valence-corrected chi connectivity index (χ3v) is 3.28. The van der Waals surface area contributed by atoms with Gasteiger partial charge in [-0.05, 0) is 37.6 Å². The predicted molar refractivity (Wildman–Crippen MR) is 49.0 cm³/mol. The second-order valence-electron chi connectivity index (χ2n) is 4.49. The van der Waals surface area contributed by atoms with Crippen molar-refractivity contribution in [1.82, 2.24) is 4.90 Å². The summed E-state index contributed by atoms with van der Waals surface area (Å²) in [5.41, 5.74) is 0. The molecular weight excluding hydrogens is 150 g/mol. The summed E-state index contributed by atoms with van der Waals surface area (Å²) in [6, 6.07) is 0.734. The van der Waals surface area contributed by atoms with Crippen LogP contribution in [0, 0.1) is 11.8 Å². The molecule has 12 heavy (non-hydrogen) atoms. The Hall–Kier alpha value is -0.0800. The van der Waals surface area contributed by atoms with E-state index in [1.165, 1.54) is 32.4 Å². The summed E-state index contributed by atoms with van der Waals surface area (Å²) >= 11 is 0. The molecular formula is C10H19NO. The van der Waals surface area contributed by atoms with Crippen LogP contribution in [-0.4, -0.2) is 35.7 Å². The maximum atomic E-state index is 8.95. The lowest BCUT2D eigenvalue weighted by Gasteiger charge is -2.31. The van der Waals surface area contributed by atoms with Gasteiger partial charge >= 0.3 is 0 Å². The average molecular weight is 169 g/mol. The first kappa shape index (κ1) is 8.52. The van der Waals surface area contributed by atoms with Crippen LogP contribution in [0.15, 0.2) is 0 Å². The average Bonchev–Trinajstić information content (AvgIpc) is 2.83. The number of hydrogen-bond acceptors (Lipinski definition) is 2. The molecule has 2 aliphatic rings. The molecule has 1 heterocycles. The fourth-order valence-corrected chi connectivity index (χ4v) is 2.40. The fourth-order valence-electron chi connectivity index (χ4n) is 2.40. The Bertz CT molecular complexity index is 160. The molecule has 70 valence electrons. The number of aliphatic hydroxyl groups is 1. The van der Waals surface area contributed by atoms with Crippen LogP contribution < -0.4 is 0 Å². The largest absolute Gasteiger partial charge is 0.396 e. The van der Waals surface area contributed by atoms with E-state index in [2.05, 4.69) is 11.8 Å². The van der Waals surface area contributed by atoms with E-state index in [0.29, 0.717) is 12.5 Å². The third kappa shape index (κ3) is 1.64. The molecule has 1 aliphatic carbocycles. The summed E-state index contributed by atoms with van der Waals surface area (Å²) in [4.78, 5) is 2.58. The van der Waals surface area contributed by atoms with Gasteiger partial charge in [0, 0.05) is 19.2 Å². The zero-order valence-corrected chi connectivity index (χ0v) is 7.87. The van der Waals surface area contributed by atoms with Crippen molar-refractivity contribution in [2.75, 3.05) is 19.7 Å². The minimum absolute atomic E-state index is 0.398. The van der Waals surface area contributed by atoms with E-state index >= 15 is 0 Å². The van der Waals surface area contributed by atoms with Crippen molar-refractivity contribution in [3.8, 4) is 0 Å². The Balaban J connectivity index is 1.81. The van der Waals surface area contributed by atoms with Gasteiger partial charge in [-0.1, -0.05) is 6.92 Å². The van der Waals surface area contributed by atoms with Crippen molar-refractivity contribution in [2.24, 2.45) is 11.8 Å². The summed E-state index contributed by atoms with van der Waals surface area (Å²) in [5.74, 6) is 1.48. The maximum absolute atomic E-state index is 8.95. The number of likely N-dealkylation sites (tertiary alicyclic amines) is 1. The first-order valence-corrected chi connectivity index (χ1v) is 5.16. The zero-order valence-electron chi connectivity index (χ0n) is 7.87. The first-order valence-electron chi connectivity index (χ1n) is 5.16. The van der Waals surface area contributed by atoms with E-state index in [9.17, 15) is 0 Å². The smallest absolute Gasteiger partial charge is 0.0474 e. The highest BCUT2D eigenvalue weighted by molar-refractivity contribution is 4.95. The van der Waals surface area contributed by atoms with Gasteiger partial charge < -0.3 is 5.11 Å². The Morgan fingerprint density at radius 1 is 1.50 bits per heavy atom. The minimum Gasteiger partial charge on any atom is -0.396 e. The number of nitrogens with zero attached hydrogens (tertiary/aromatic N) is 1. The van der Waals surface area contributed by atoms with Gasteiger partial charge in [-0.2, -0.15) is 0 Å². The van der Waals surface area contributed by atoms with E-state index in [1.807, 2.05) is 0 Å². The lowest BCUT2D eigenvalue weighted by Crippen LogP contribution is -2.36. The SMILES string of the molecule is CC1CCCN(C2CC2CO)C1. The highest BCUT2D eigenvalue weighted by atomic mass is 16.3. The van der Waals surface area contributed by atoms with E-state index in [-0.39, 0.29) is 0 Å². The summed E-state index contributed by atoms with van der Waals surface area (Å²) in [6.45, 7) is 5.27. The third-order valence-electron chi connectivity index (χ3n) is 3.28. The lowest BCUT2D eigenvalue weighted by molar-refractivity contribution is 0.156. The van der Waals surface area contributed by atoms with Gasteiger partial charge in [-0.3, -0.25) is 4.90 Å². The number of rotatable bonds is 2. The lowest BCUT2D eigenvalue weighted by atomic mass is 10.0. The van der Waals surface area contributed by atoms with Crippen molar-refractivity contribution in [2.45, 2.75) is 32.2 Å². The van der Waals surface area contributed by atoms with Crippen LogP contribution in [0.3, 0.4) is 0 Å². The maximum Gasteiger partial charge on any atom is 0.0474 e. The molecule has 3 unspecified atom stereocenters. The molecule has 2 rings (SSSR count). The first-order chi connectivity index (χ1) is 5.81. The Morgan fingerprint density at radius 2 is 2.33 bits per heavy atom. The van der Waals surface area contributed by atoms with Crippen LogP contribution in [0.25, 0.3) is 0 Å². The van der Waals surface area contributed by atoms with Crippen molar-refractivity contribution in [3.05, 3.63) is 0 Å². The monoisotopic (exact) mass is 169 g/mol. The minimum atomic E-state index is 0.398. The van der Waals surface area contributed by atoms with Crippen LogP contribution in [0.2, 0.25) is 0 Å². The molecule has 2 nitrogen and oxygen atoms in total. The highest BCUT2D eigenvalue weighted by Crippen LogP contribution is 2.37. The van der Waals surface area contributed by atoms with Gasteiger partial charge in [0.15, 0.2) is 0 Å². The van der Waals surface area contributed by atoms with Crippen molar-refractivity contribution in [3.63, 3.8) is 0 Å². The molecule has 0 radical (unpaired) electrons. The van der Waals surface area contributed by atoms with Crippen molar-refractivity contribution >= 4 is 0 Å². The summed E-state index contributed by atoms with van der Waals surface area (Å²) < 4.78 is 0. The van der Waals surface area contributed by atoms with Gasteiger partial charge in [0.25, 0.3) is 0 Å². The molecule has 0 aromatic carbocycles. The number of aliphatic hydroxyl groups excluding tert-OH is 1. The van der Waals surface area contributed by atoms with E-state index < -0.39 is 0 Å². The van der Waals surface area contributed by atoms with E-state index in [4.69, 9.17) is 5.11 Å². The Morgan fingerprint density at radius 3 is 2.92 bits per heavy atom. The molecule has 0 spiro atoms. The van der Waals surface area contributed by atoms with Crippen molar-refractivity contribution < 1.29 is 5.11 Å². The zero-order chi connectivity index (χ0) is 8.55. The summed E-state index contributed by atoms with van der Waals surface area (Å²) in [6.07, 6.45) is 3.99. The van der Waals surface area contributed by atoms with Crippen LogP contribution in [-0.2, 0) is 0 Å². The molecule has 0 aromatic rings. The van der Waals surface area contributed by atoms with Gasteiger partial charge in [0.2, 0.25) is 0 Å². The van der Waals surface area contributed by atoms with Crippen LogP contribution in [0.1, 0.15) is 26.2 Å². The molecule has 0 bridgehead atoms. The molecule has 1 saturated heterocycles. The normalized spacial score (nSPS) is 43.0. The molecule has 2 fully saturated rings. The second-order valence-corrected chi connectivity index (χ2v) is 4.49. The quantitative estimate of drug-likeness (QED) is 0.669. The second kappa shape index (κ2) is 3.35.